The molecule has 0 aliphatic heterocycles. The van der Waals surface area contributed by atoms with E-state index in [1.165, 1.54) is 16.8 Å². The highest BCUT2D eigenvalue weighted by atomic mass is 16.5. The van der Waals surface area contributed by atoms with Gasteiger partial charge in [-0.3, -0.25) is 14.3 Å². The molecule has 0 unspecified atom stereocenters. The number of hydrogen-bond acceptors (Lipinski definition) is 4. The molecule has 1 aromatic carbocycles. The van der Waals surface area contributed by atoms with Gasteiger partial charge in [-0.1, -0.05) is 24.1 Å². The summed E-state index contributed by atoms with van der Waals surface area (Å²) in [6, 6.07) is 9.48. The maximum absolute atomic E-state index is 11.5. The van der Waals surface area contributed by atoms with Crippen molar-refractivity contribution < 1.29 is 4.74 Å². The highest BCUT2D eigenvalue weighted by Crippen LogP contribution is 2.16. The van der Waals surface area contributed by atoms with Crippen molar-refractivity contribution in [1.29, 1.82) is 0 Å². The summed E-state index contributed by atoms with van der Waals surface area (Å²) in [6.45, 7) is 3.73. The van der Waals surface area contributed by atoms with E-state index in [9.17, 15) is 9.59 Å². The van der Waals surface area contributed by atoms with E-state index >= 15 is 0 Å². The van der Waals surface area contributed by atoms with Crippen LogP contribution in [0, 0.1) is 12.3 Å². The first-order valence-corrected chi connectivity index (χ1v) is 8.78. The number of ether oxygens (including phenoxy) is 1. The van der Waals surface area contributed by atoms with Crippen LogP contribution < -0.4 is 16.6 Å². The molecule has 0 spiro atoms. The zero-order chi connectivity index (χ0) is 18.8. The molecule has 0 saturated heterocycles. The van der Waals surface area contributed by atoms with Gasteiger partial charge in [-0.15, -0.1) is 6.42 Å². The maximum atomic E-state index is 11.5. The molecular weight excluding hydrogens is 330 g/mol. The van der Waals surface area contributed by atoms with Gasteiger partial charge < -0.3 is 10.1 Å². The van der Waals surface area contributed by atoms with Crippen LogP contribution in [0.15, 0.2) is 46.1 Å². The molecule has 0 aliphatic carbocycles. The average Bonchev–Trinajstić information content (AvgIpc) is 2.65. The first-order chi connectivity index (χ1) is 12.6. The van der Waals surface area contributed by atoms with Gasteiger partial charge in [-0.25, -0.2) is 4.79 Å². The zero-order valence-electron chi connectivity index (χ0n) is 15.0. The molecule has 1 aromatic heterocycles. The highest BCUT2D eigenvalue weighted by molar-refractivity contribution is 5.41. The number of benzene rings is 1. The van der Waals surface area contributed by atoms with Crippen LogP contribution in [0.4, 0.5) is 0 Å². The van der Waals surface area contributed by atoms with Gasteiger partial charge in [0.2, 0.25) is 0 Å². The molecule has 6 nitrogen and oxygen atoms in total. The summed E-state index contributed by atoms with van der Waals surface area (Å²) in [4.78, 5) is 24.6. The van der Waals surface area contributed by atoms with Gasteiger partial charge in [0, 0.05) is 30.5 Å². The lowest BCUT2D eigenvalue weighted by Gasteiger charge is -2.16. The van der Waals surface area contributed by atoms with Crippen molar-refractivity contribution >= 4 is 0 Å². The molecule has 2 aromatic rings. The van der Waals surface area contributed by atoms with Crippen LogP contribution in [0.5, 0.6) is 0 Å². The SMILES string of the molecule is C#Cc1ccccc1[C@@H](C)NCCCCCOCn1ccc(=O)[nH]c1=O. The molecule has 26 heavy (non-hydrogen) atoms. The minimum absolute atomic E-state index is 0.147. The smallest absolute Gasteiger partial charge is 0.330 e. The number of nitrogens with one attached hydrogen (secondary N) is 2. The predicted octanol–water partition coefficient (Wildman–Crippen LogP) is 2.01. The fourth-order valence-corrected chi connectivity index (χ4v) is 2.65. The summed E-state index contributed by atoms with van der Waals surface area (Å²) in [5.41, 5.74) is 1.21. The van der Waals surface area contributed by atoms with Crippen LogP contribution in [-0.4, -0.2) is 22.7 Å². The molecule has 0 radical (unpaired) electrons. The van der Waals surface area contributed by atoms with Gasteiger partial charge >= 0.3 is 5.69 Å². The fourth-order valence-electron chi connectivity index (χ4n) is 2.65. The number of terminal acetylenes is 1. The van der Waals surface area contributed by atoms with Crippen molar-refractivity contribution in [3.63, 3.8) is 0 Å². The molecule has 6 heteroatoms. The Morgan fingerprint density at radius 3 is 2.81 bits per heavy atom. The maximum Gasteiger partial charge on any atom is 0.330 e. The Morgan fingerprint density at radius 2 is 2.04 bits per heavy atom. The summed E-state index contributed by atoms with van der Waals surface area (Å²) < 4.78 is 6.79. The Kier molecular flexibility index (Phi) is 7.87. The largest absolute Gasteiger partial charge is 0.361 e. The Morgan fingerprint density at radius 1 is 1.23 bits per heavy atom. The molecule has 0 fully saturated rings. The monoisotopic (exact) mass is 355 g/mol. The van der Waals surface area contributed by atoms with Gasteiger partial charge in [0.25, 0.3) is 5.56 Å². The van der Waals surface area contributed by atoms with E-state index in [2.05, 4.69) is 29.2 Å². The van der Waals surface area contributed by atoms with Crippen molar-refractivity contribution in [2.45, 2.75) is 39.0 Å². The van der Waals surface area contributed by atoms with Crippen LogP contribution in [0.3, 0.4) is 0 Å². The van der Waals surface area contributed by atoms with Crippen LogP contribution in [0.1, 0.15) is 43.4 Å². The number of hydrogen-bond donors (Lipinski definition) is 2. The highest BCUT2D eigenvalue weighted by Gasteiger charge is 2.07. The van der Waals surface area contributed by atoms with Crippen LogP contribution in [-0.2, 0) is 11.5 Å². The molecule has 2 N–H and O–H groups in total. The van der Waals surface area contributed by atoms with E-state index in [0.29, 0.717) is 6.61 Å². The molecule has 138 valence electrons. The number of H-pyrrole nitrogens is 1. The van der Waals surface area contributed by atoms with Gasteiger partial charge in [0.1, 0.15) is 6.73 Å². The van der Waals surface area contributed by atoms with Gasteiger partial charge in [0.05, 0.1) is 0 Å². The van der Waals surface area contributed by atoms with E-state index in [-0.39, 0.29) is 12.8 Å². The summed E-state index contributed by atoms with van der Waals surface area (Å²) in [5.74, 6) is 2.72. The quantitative estimate of drug-likeness (QED) is 0.505. The topological polar surface area (TPSA) is 76.1 Å². The molecule has 0 amide bonds. The standard InChI is InChI=1S/C20H25N3O3/c1-3-17-9-5-6-10-18(17)16(2)21-12-7-4-8-14-26-15-23-13-11-19(24)22-20(23)25/h1,5-6,9-11,13,16,21H,4,7-8,12,14-15H2,2H3,(H,22,24,25)/t16-/m1/s1. The van der Waals surface area contributed by atoms with Gasteiger partial charge in [-0.2, -0.15) is 0 Å². The third-order valence-electron chi connectivity index (χ3n) is 4.13. The first-order valence-electron chi connectivity index (χ1n) is 8.78. The van der Waals surface area contributed by atoms with Crippen molar-refractivity contribution in [2.75, 3.05) is 13.2 Å². The zero-order valence-corrected chi connectivity index (χ0v) is 15.0. The molecule has 1 heterocycles. The lowest BCUT2D eigenvalue weighted by atomic mass is 10.0. The molecular formula is C20H25N3O3. The van der Waals surface area contributed by atoms with Crippen molar-refractivity contribution in [2.24, 2.45) is 0 Å². The summed E-state index contributed by atoms with van der Waals surface area (Å²) >= 11 is 0. The second-order valence-corrected chi connectivity index (χ2v) is 6.09. The summed E-state index contributed by atoms with van der Waals surface area (Å²) in [7, 11) is 0. The molecule has 0 saturated carbocycles. The summed E-state index contributed by atoms with van der Waals surface area (Å²) in [5, 5.41) is 3.49. The third kappa shape index (κ3) is 6.03. The number of nitrogens with zero attached hydrogens (tertiary/aromatic N) is 1. The Hall–Kier alpha value is -2.62. The molecule has 1 atom stereocenters. The summed E-state index contributed by atoms with van der Waals surface area (Å²) in [6.07, 6.45) is 9.94. The minimum Gasteiger partial charge on any atom is -0.361 e. The normalized spacial score (nSPS) is 11.8. The predicted molar refractivity (Wildman–Crippen MR) is 102 cm³/mol. The van der Waals surface area contributed by atoms with E-state index < -0.39 is 11.2 Å². The number of aromatic nitrogens is 2. The number of unbranched alkanes of at least 4 members (excludes halogenated alkanes) is 2. The van der Waals surface area contributed by atoms with Crippen molar-refractivity contribution in [1.82, 2.24) is 14.9 Å². The van der Waals surface area contributed by atoms with Gasteiger partial charge in [-0.05, 0) is 44.4 Å². The van der Waals surface area contributed by atoms with E-state index in [0.717, 1.165) is 36.9 Å². The van der Waals surface area contributed by atoms with E-state index in [1.807, 2.05) is 18.2 Å². The Balaban J connectivity index is 1.59. The van der Waals surface area contributed by atoms with E-state index in [1.54, 1.807) is 0 Å². The lowest BCUT2D eigenvalue weighted by Crippen LogP contribution is -2.29. The lowest BCUT2D eigenvalue weighted by molar-refractivity contribution is 0.0707. The van der Waals surface area contributed by atoms with Gasteiger partial charge in [0.15, 0.2) is 0 Å². The average molecular weight is 355 g/mol. The molecule has 2 rings (SSSR count). The van der Waals surface area contributed by atoms with E-state index in [4.69, 9.17) is 11.2 Å². The second kappa shape index (κ2) is 10.4. The fraction of sp³-hybridized carbons (Fsp3) is 0.400. The second-order valence-electron chi connectivity index (χ2n) is 6.09. The van der Waals surface area contributed by atoms with Crippen LogP contribution in [0.25, 0.3) is 0 Å². The van der Waals surface area contributed by atoms with Crippen molar-refractivity contribution in [3.05, 3.63) is 68.5 Å². The Labute approximate surface area is 153 Å². The third-order valence-corrected chi connectivity index (χ3v) is 4.13. The first kappa shape index (κ1) is 19.7. The minimum atomic E-state index is -0.456. The number of aromatic amines is 1. The van der Waals surface area contributed by atoms with Crippen LogP contribution in [0.2, 0.25) is 0 Å². The molecule has 0 aliphatic rings. The Bertz CT molecular complexity index is 848. The molecule has 0 bridgehead atoms. The van der Waals surface area contributed by atoms with Crippen LogP contribution >= 0.6 is 0 Å². The van der Waals surface area contributed by atoms with Crippen molar-refractivity contribution in [3.8, 4) is 12.3 Å². The number of rotatable bonds is 10.